The van der Waals surface area contributed by atoms with Gasteiger partial charge in [0, 0.05) is 11.1 Å². The van der Waals surface area contributed by atoms with Gasteiger partial charge < -0.3 is 10.4 Å². The van der Waals surface area contributed by atoms with Crippen LogP contribution in [0.15, 0.2) is 5.38 Å². The van der Waals surface area contributed by atoms with E-state index in [0.717, 1.165) is 17.1 Å². The fourth-order valence-corrected chi connectivity index (χ4v) is 3.33. The molecule has 0 radical (unpaired) electrons. The van der Waals surface area contributed by atoms with Gasteiger partial charge in [0.15, 0.2) is 0 Å². The van der Waals surface area contributed by atoms with Crippen LogP contribution in [0.1, 0.15) is 42.9 Å². The van der Waals surface area contributed by atoms with E-state index in [1.807, 2.05) is 19.2 Å². The van der Waals surface area contributed by atoms with Gasteiger partial charge in [0.25, 0.3) is 0 Å². The minimum atomic E-state index is -0.865. The predicted octanol–water partition coefficient (Wildman–Crippen LogP) is 2.13. The van der Waals surface area contributed by atoms with E-state index < -0.39 is 17.8 Å². The van der Waals surface area contributed by atoms with Crippen LogP contribution in [0.3, 0.4) is 0 Å². The third-order valence-corrected chi connectivity index (χ3v) is 4.68. The van der Waals surface area contributed by atoms with Gasteiger partial charge in [0.1, 0.15) is 5.01 Å². The molecule has 2 N–H and O–H groups in total. The summed E-state index contributed by atoms with van der Waals surface area (Å²) in [4.78, 5) is 27.6. The minimum absolute atomic E-state index is 0.162. The van der Waals surface area contributed by atoms with Gasteiger partial charge in [-0.05, 0) is 26.7 Å². The van der Waals surface area contributed by atoms with Crippen LogP contribution >= 0.6 is 11.3 Å². The van der Waals surface area contributed by atoms with Gasteiger partial charge in [-0.25, -0.2) is 4.98 Å². The molecule has 3 unspecified atom stereocenters. The molecule has 0 saturated heterocycles. The summed E-state index contributed by atoms with van der Waals surface area (Å²) in [5.41, 5.74) is 0.936. The maximum absolute atomic E-state index is 12.2. The summed E-state index contributed by atoms with van der Waals surface area (Å²) in [6, 6.07) is -0.166. The number of nitrogens with one attached hydrogen (secondary N) is 1. The molecule has 2 rings (SSSR count). The Morgan fingerprint density at radius 1 is 1.47 bits per heavy atom. The average Bonchev–Trinajstić information content (AvgIpc) is 2.96. The first-order chi connectivity index (χ1) is 8.99. The van der Waals surface area contributed by atoms with Gasteiger partial charge in [-0.15, -0.1) is 11.3 Å². The molecule has 1 aromatic heterocycles. The van der Waals surface area contributed by atoms with E-state index in [1.165, 1.54) is 11.3 Å². The molecule has 0 aromatic carbocycles. The summed E-state index contributed by atoms with van der Waals surface area (Å²) in [5, 5.41) is 14.8. The van der Waals surface area contributed by atoms with Crippen LogP contribution in [0.25, 0.3) is 0 Å². The molecular formula is C13H18N2O3S. The monoisotopic (exact) mass is 282 g/mol. The number of nitrogens with zero attached hydrogens (tertiary/aromatic N) is 1. The topological polar surface area (TPSA) is 79.3 Å². The van der Waals surface area contributed by atoms with Crippen molar-refractivity contribution in [2.45, 2.75) is 39.2 Å². The summed E-state index contributed by atoms with van der Waals surface area (Å²) >= 11 is 1.51. The number of aromatic nitrogens is 1. The van der Waals surface area contributed by atoms with Gasteiger partial charge in [-0.2, -0.15) is 0 Å². The van der Waals surface area contributed by atoms with E-state index in [0.29, 0.717) is 12.8 Å². The zero-order valence-electron chi connectivity index (χ0n) is 11.0. The van der Waals surface area contributed by atoms with Crippen molar-refractivity contribution in [3.63, 3.8) is 0 Å². The second-order valence-electron chi connectivity index (χ2n) is 5.04. The second kappa shape index (κ2) is 5.69. The SMILES string of the molecule is Cc1csc(C(C)NC(=O)C2CCCC2C(=O)O)n1. The molecule has 6 heteroatoms. The summed E-state index contributed by atoms with van der Waals surface area (Å²) in [6.45, 7) is 3.78. The van der Waals surface area contributed by atoms with E-state index in [9.17, 15) is 9.59 Å². The van der Waals surface area contributed by atoms with Crippen molar-refractivity contribution >= 4 is 23.2 Å². The van der Waals surface area contributed by atoms with Gasteiger partial charge >= 0.3 is 5.97 Å². The third-order valence-electron chi connectivity index (χ3n) is 3.54. The van der Waals surface area contributed by atoms with Gasteiger partial charge in [-0.1, -0.05) is 6.42 Å². The number of amides is 1. The largest absolute Gasteiger partial charge is 0.481 e. The highest BCUT2D eigenvalue weighted by atomic mass is 32.1. The lowest BCUT2D eigenvalue weighted by atomic mass is 9.95. The number of hydrogen-bond donors (Lipinski definition) is 2. The third kappa shape index (κ3) is 3.12. The van der Waals surface area contributed by atoms with E-state index in [1.54, 1.807) is 0 Å². The molecule has 1 fully saturated rings. The fraction of sp³-hybridized carbons (Fsp3) is 0.615. The molecule has 0 aliphatic heterocycles. The lowest BCUT2D eigenvalue weighted by molar-refractivity contribution is -0.146. The number of aliphatic carboxylic acids is 1. The first-order valence-electron chi connectivity index (χ1n) is 6.44. The molecule has 1 aromatic rings. The van der Waals surface area contributed by atoms with Crippen LogP contribution in [0.2, 0.25) is 0 Å². The normalized spacial score (nSPS) is 24.1. The first-order valence-corrected chi connectivity index (χ1v) is 7.32. The van der Waals surface area contributed by atoms with E-state index >= 15 is 0 Å². The first kappa shape index (κ1) is 14.0. The molecule has 1 aliphatic carbocycles. The zero-order valence-corrected chi connectivity index (χ0v) is 11.9. The van der Waals surface area contributed by atoms with E-state index in [-0.39, 0.29) is 11.9 Å². The Morgan fingerprint density at radius 2 is 2.16 bits per heavy atom. The highest BCUT2D eigenvalue weighted by Crippen LogP contribution is 2.32. The predicted molar refractivity (Wildman–Crippen MR) is 71.9 cm³/mol. The second-order valence-corrected chi connectivity index (χ2v) is 5.93. The number of carboxylic acid groups (broad SMARTS) is 1. The summed E-state index contributed by atoms with van der Waals surface area (Å²) in [6.07, 6.45) is 2.06. The van der Waals surface area contributed by atoms with Crippen LogP contribution in [0.5, 0.6) is 0 Å². The molecule has 1 amide bonds. The molecule has 5 nitrogen and oxygen atoms in total. The van der Waals surface area contributed by atoms with Crippen molar-refractivity contribution in [1.82, 2.24) is 10.3 Å². The standard InChI is InChI=1S/C13H18N2O3S/c1-7-6-19-12(14-7)8(2)15-11(16)9-4-3-5-10(9)13(17)18/h6,8-10H,3-5H2,1-2H3,(H,15,16)(H,17,18). The highest BCUT2D eigenvalue weighted by Gasteiger charge is 2.38. The number of aryl methyl sites for hydroxylation is 1. The summed E-state index contributed by atoms with van der Waals surface area (Å²) in [5.74, 6) is -1.97. The van der Waals surface area contributed by atoms with Crippen molar-refractivity contribution in [3.05, 3.63) is 16.1 Å². The Kier molecular flexibility index (Phi) is 4.19. The number of hydrogen-bond acceptors (Lipinski definition) is 4. The molecule has 0 bridgehead atoms. The number of carbonyl (C=O) groups is 2. The van der Waals surface area contributed by atoms with Crippen LogP contribution in [0, 0.1) is 18.8 Å². The number of carboxylic acids is 1. The summed E-state index contributed by atoms with van der Waals surface area (Å²) < 4.78 is 0. The quantitative estimate of drug-likeness (QED) is 0.886. The summed E-state index contributed by atoms with van der Waals surface area (Å²) in [7, 11) is 0. The minimum Gasteiger partial charge on any atom is -0.481 e. The lowest BCUT2D eigenvalue weighted by Gasteiger charge is -2.18. The molecule has 1 saturated carbocycles. The molecule has 1 aliphatic rings. The zero-order chi connectivity index (χ0) is 14.0. The van der Waals surface area contributed by atoms with Crippen LogP contribution in [-0.2, 0) is 9.59 Å². The number of carbonyl (C=O) groups excluding carboxylic acids is 1. The van der Waals surface area contributed by atoms with Crippen molar-refractivity contribution in [2.24, 2.45) is 11.8 Å². The Hall–Kier alpha value is -1.43. The maximum Gasteiger partial charge on any atom is 0.307 e. The van der Waals surface area contributed by atoms with Crippen molar-refractivity contribution in [2.75, 3.05) is 0 Å². The molecular weight excluding hydrogens is 264 g/mol. The Bertz CT molecular complexity index is 486. The van der Waals surface area contributed by atoms with Gasteiger partial charge in [-0.3, -0.25) is 9.59 Å². The van der Waals surface area contributed by atoms with Crippen LogP contribution in [-0.4, -0.2) is 22.0 Å². The van der Waals surface area contributed by atoms with Crippen molar-refractivity contribution in [1.29, 1.82) is 0 Å². The van der Waals surface area contributed by atoms with E-state index in [4.69, 9.17) is 5.11 Å². The lowest BCUT2D eigenvalue weighted by Crippen LogP contribution is -2.36. The van der Waals surface area contributed by atoms with Gasteiger partial charge in [0.2, 0.25) is 5.91 Å². The Balaban J connectivity index is 1.99. The smallest absolute Gasteiger partial charge is 0.307 e. The molecule has 104 valence electrons. The van der Waals surface area contributed by atoms with Crippen LogP contribution in [0.4, 0.5) is 0 Å². The van der Waals surface area contributed by atoms with E-state index in [2.05, 4.69) is 10.3 Å². The van der Waals surface area contributed by atoms with Crippen LogP contribution < -0.4 is 5.32 Å². The molecule has 3 atom stereocenters. The molecule has 0 spiro atoms. The van der Waals surface area contributed by atoms with Crippen molar-refractivity contribution in [3.8, 4) is 0 Å². The molecule has 1 heterocycles. The van der Waals surface area contributed by atoms with Gasteiger partial charge in [0.05, 0.1) is 17.9 Å². The maximum atomic E-state index is 12.2. The Morgan fingerprint density at radius 3 is 2.74 bits per heavy atom. The Labute approximate surface area is 116 Å². The average molecular weight is 282 g/mol. The molecule has 19 heavy (non-hydrogen) atoms. The fourth-order valence-electron chi connectivity index (χ4n) is 2.52. The number of rotatable bonds is 4. The highest BCUT2D eigenvalue weighted by molar-refractivity contribution is 7.09. The number of thiazole rings is 1. The van der Waals surface area contributed by atoms with Crippen molar-refractivity contribution < 1.29 is 14.7 Å².